The number of hydrogen-bond acceptors (Lipinski definition) is 2. The molecule has 0 aliphatic heterocycles. The summed E-state index contributed by atoms with van der Waals surface area (Å²) in [5, 5.41) is 0. The normalized spacial score (nSPS) is 9.77. The number of amides is 1. The first kappa shape index (κ1) is 9.74. The van der Waals surface area contributed by atoms with Crippen LogP contribution >= 0.6 is 0 Å². The van der Waals surface area contributed by atoms with Gasteiger partial charge in [0.25, 0.3) is 5.91 Å². The van der Waals surface area contributed by atoms with E-state index in [4.69, 9.17) is 0 Å². The van der Waals surface area contributed by atoms with Crippen molar-refractivity contribution in [3.63, 3.8) is 0 Å². The number of carbonyl (C=O) groups is 1. The van der Waals surface area contributed by atoms with Gasteiger partial charge in [0, 0.05) is 5.56 Å². The molecule has 0 spiro atoms. The lowest BCUT2D eigenvalue weighted by Gasteiger charge is -2.07. The second-order valence-electron chi connectivity index (χ2n) is 2.90. The van der Waals surface area contributed by atoms with Gasteiger partial charge in [-0.25, -0.2) is 5.48 Å². The van der Waals surface area contributed by atoms with Crippen LogP contribution in [0.4, 0.5) is 0 Å². The average molecular weight is 179 g/mol. The summed E-state index contributed by atoms with van der Waals surface area (Å²) < 4.78 is 0. The molecular formula is C10H13NO2. The first-order chi connectivity index (χ1) is 6.16. The summed E-state index contributed by atoms with van der Waals surface area (Å²) in [7, 11) is 1.42. The Kier molecular flexibility index (Phi) is 3.03. The van der Waals surface area contributed by atoms with Crippen LogP contribution in [0.3, 0.4) is 0 Å². The van der Waals surface area contributed by atoms with Crippen LogP contribution in [0, 0.1) is 13.8 Å². The van der Waals surface area contributed by atoms with E-state index in [9.17, 15) is 4.79 Å². The molecule has 13 heavy (non-hydrogen) atoms. The number of aryl methyl sites for hydroxylation is 2. The Hall–Kier alpha value is -1.35. The monoisotopic (exact) mass is 179 g/mol. The SMILES string of the molecule is CONC(=O)c1c(C)cccc1C. The first-order valence-electron chi connectivity index (χ1n) is 4.06. The van der Waals surface area contributed by atoms with E-state index in [1.165, 1.54) is 7.11 Å². The molecule has 0 atom stereocenters. The predicted octanol–water partition coefficient (Wildman–Crippen LogP) is 1.59. The highest BCUT2D eigenvalue weighted by Gasteiger charge is 2.10. The van der Waals surface area contributed by atoms with Gasteiger partial charge in [-0.15, -0.1) is 0 Å². The van der Waals surface area contributed by atoms with E-state index < -0.39 is 0 Å². The van der Waals surface area contributed by atoms with Crippen molar-refractivity contribution < 1.29 is 9.63 Å². The minimum atomic E-state index is -0.196. The summed E-state index contributed by atoms with van der Waals surface area (Å²) in [6.07, 6.45) is 0. The number of carbonyl (C=O) groups excluding carboxylic acids is 1. The predicted molar refractivity (Wildman–Crippen MR) is 50.4 cm³/mol. The standard InChI is InChI=1S/C10H13NO2/c1-7-5-4-6-8(2)9(7)10(12)11-13-3/h4-6H,1-3H3,(H,11,12). The van der Waals surface area contributed by atoms with Crippen molar-refractivity contribution in [3.05, 3.63) is 34.9 Å². The van der Waals surface area contributed by atoms with Gasteiger partial charge < -0.3 is 0 Å². The second-order valence-corrected chi connectivity index (χ2v) is 2.90. The van der Waals surface area contributed by atoms with Crippen molar-refractivity contribution in [2.45, 2.75) is 13.8 Å². The molecule has 0 fully saturated rings. The number of rotatable bonds is 2. The fourth-order valence-electron chi connectivity index (χ4n) is 1.32. The number of hydrogen-bond donors (Lipinski definition) is 1. The van der Waals surface area contributed by atoms with Crippen LogP contribution in [-0.4, -0.2) is 13.0 Å². The minimum Gasteiger partial charge on any atom is -0.277 e. The maximum atomic E-state index is 11.5. The lowest BCUT2D eigenvalue weighted by Crippen LogP contribution is -2.23. The molecule has 0 aliphatic rings. The summed E-state index contributed by atoms with van der Waals surface area (Å²) >= 11 is 0. The van der Waals surface area contributed by atoms with E-state index in [0.717, 1.165) is 11.1 Å². The van der Waals surface area contributed by atoms with E-state index in [0.29, 0.717) is 5.56 Å². The van der Waals surface area contributed by atoms with E-state index in [1.54, 1.807) is 0 Å². The molecule has 1 N–H and O–H groups in total. The molecule has 0 aromatic heterocycles. The van der Waals surface area contributed by atoms with Gasteiger partial charge in [0.15, 0.2) is 0 Å². The Balaban J connectivity index is 3.05. The molecule has 0 saturated heterocycles. The fraction of sp³-hybridized carbons (Fsp3) is 0.300. The van der Waals surface area contributed by atoms with E-state index in [1.807, 2.05) is 32.0 Å². The highest BCUT2D eigenvalue weighted by molar-refractivity contribution is 5.96. The molecule has 0 bridgehead atoms. The van der Waals surface area contributed by atoms with E-state index in [-0.39, 0.29) is 5.91 Å². The molecule has 3 nitrogen and oxygen atoms in total. The third-order valence-electron chi connectivity index (χ3n) is 1.90. The first-order valence-corrected chi connectivity index (χ1v) is 4.06. The second kappa shape index (κ2) is 4.05. The molecular weight excluding hydrogens is 166 g/mol. The van der Waals surface area contributed by atoms with Crippen LogP contribution in [0.15, 0.2) is 18.2 Å². The van der Waals surface area contributed by atoms with Gasteiger partial charge in [-0.3, -0.25) is 9.63 Å². The fourth-order valence-corrected chi connectivity index (χ4v) is 1.32. The molecule has 0 aliphatic carbocycles. The summed E-state index contributed by atoms with van der Waals surface area (Å²) in [5.41, 5.74) is 4.90. The van der Waals surface area contributed by atoms with Gasteiger partial charge in [-0.2, -0.15) is 0 Å². The van der Waals surface area contributed by atoms with E-state index in [2.05, 4.69) is 10.3 Å². The third-order valence-corrected chi connectivity index (χ3v) is 1.90. The maximum Gasteiger partial charge on any atom is 0.275 e. The van der Waals surface area contributed by atoms with Crippen LogP contribution in [0.2, 0.25) is 0 Å². The Morgan fingerprint density at radius 1 is 1.31 bits per heavy atom. The zero-order chi connectivity index (χ0) is 9.84. The number of hydroxylamine groups is 1. The zero-order valence-corrected chi connectivity index (χ0v) is 8.05. The zero-order valence-electron chi connectivity index (χ0n) is 8.05. The molecule has 1 rings (SSSR count). The van der Waals surface area contributed by atoms with Gasteiger partial charge in [-0.1, -0.05) is 18.2 Å². The molecule has 0 radical (unpaired) electrons. The van der Waals surface area contributed by atoms with Crippen molar-refractivity contribution in [3.8, 4) is 0 Å². The smallest absolute Gasteiger partial charge is 0.275 e. The van der Waals surface area contributed by atoms with Crippen molar-refractivity contribution >= 4 is 5.91 Å². The lowest BCUT2D eigenvalue weighted by molar-refractivity contribution is 0.0536. The van der Waals surface area contributed by atoms with Crippen molar-refractivity contribution in [2.24, 2.45) is 0 Å². The van der Waals surface area contributed by atoms with Gasteiger partial charge in [0.2, 0.25) is 0 Å². The Morgan fingerprint density at radius 2 is 1.85 bits per heavy atom. The highest BCUT2D eigenvalue weighted by Crippen LogP contribution is 2.12. The van der Waals surface area contributed by atoms with Gasteiger partial charge in [0.1, 0.15) is 0 Å². The Labute approximate surface area is 77.7 Å². The molecule has 0 heterocycles. The largest absolute Gasteiger partial charge is 0.277 e. The lowest BCUT2D eigenvalue weighted by atomic mass is 10.0. The summed E-state index contributed by atoms with van der Waals surface area (Å²) in [4.78, 5) is 16.0. The van der Waals surface area contributed by atoms with Gasteiger partial charge >= 0.3 is 0 Å². The topological polar surface area (TPSA) is 38.3 Å². The molecule has 70 valence electrons. The minimum absolute atomic E-state index is 0.196. The van der Waals surface area contributed by atoms with Crippen LogP contribution in [0.5, 0.6) is 0 Å². The van der Waals surface area contributed by atoms with E-state index >= 15 is 0 Å². The molecule has 0 saturated carbocycles. The quantitative estimate of drug-likeness (QED) is 0.700. The average Bonchev–Trinajstić information content (AvgIpc) is 2.04. The van der Waals surface area contributed by atoms with Crippen molar-refractivity contribution in [1.82, 2.24) is 5.48 Å². The van der Waals surface area contributed by atoms with Gasteiger partial charge in [0.05, 0.1) is 7.11 Å². The molecule has 3 heteroatoms. The molecule has 1 aromatic carbocycles. The Bertz CT molecular complexity index is 300. The summed E-state index contributed by atoms with van der Waals surface area (Å²) in [6, 6.07) is 5.73. The molecule has 1 amide bonds. The van der Waals surface area contributed by atoms with Crippen LogP contribution < -0.4 is 5.48 Å². The van der Waals surface area contributed by atoms with Crippen molar-refractivity contribution in [1.29, 1.82) is 0 Å². The Morgan fingerprint density at radius 3 is 2.31 bits per heavy atom. The summed E-state index contributed by atoms with van der Waals surface area (Å²) in [6.45, 7) is 3.80. The summed E-state index contributed by atoms with van der Waals surface area (Å²) in [5.74, 6) is -0.196. The van der Waals surface area contributed by atoms with Crippen molar-refractivity contribution in [2.75, 3.05) is 7.11 Å². The number of benzene rings is 1. The third kappa shape index (κ3) is 2.06. The maximum absolute atomic E-state index is 11.5. The van der Waals surface area contributed by atoms with Crippen LogP contribution in [-0.2, 0) is 4.84 Å². The van der Waals surface area contributed by atoms with Crippen LogP contribution in [0.25, 0.3) is 0 Å². The highest BCUT2D eigenvalue weighted by atomic mass is 16.6. The molecule has 1 aromatic rings. The van der Waals surface area contributed by atoms with Crippen LogP contribution in [0.1, 0.15) is 21.5 Å². The van der Waals surface area contributed by atoms with Gasteiger partial charge in [-0.05, 0) is 25.0 Å². The number of nitrogens with one attached hydrogen (secondary N) is 1. The molecule has 0 unspecified atom stereocenters.